The number of aliphatic hydroxyl groups is 1. The lowest BCUT2D eigenvalue weighted by Crippen LogP contribution is -2.52. The van der Waals surface area contributed by atoms with Crippen LogP contribution in [0.25, 0.3) is 0 Å². The van der Waals surface area contributed by atoms with Crippen LogP contribution < -0.4 is 10.6 Å². The molecule has 0 amide bonds. The first kappa shape index (κ1) is 22.4. The van der Waals surface area contributed by atoms with E-state index in [9.17, 15) is 5.11 Å². The van der Waals surface area contributed by atoms with E-state index in [1.165, 1.54) is 0 Å². The summed E-state index contributed by atoms with van der Waals surface area (Å²) in [6.07, 6.45) is 0. The monoisotopic (exact) mass is 384 g/mol. The zero-order valence-corrected chi connectivity index (χ0v) is 17.7. The van der Waals surface area contributed by atoms with Crippen molar-refractivity contribution in [1.29, 1.82) is 0 Å². The molecule has 2 atom stereocenters. The zero-order valence-electron chi connectivity index (χ0n) is 17.7. The third-order valence-corrected chi connectivity index (χ3v) is 5.32. The van der Waals surface area contributed by atoms with Crippen LogP contribution in [0.15, 0.2) is 4.99 Å². The van der Waals surface area contributed by atoms with Crippen molar-refractivity contribution in [2.24, 2.45) is 4.99 Å². The molecule has 3 N–H and O–H groups in total. The van der Waals surface area contributed by atoms with Crippen LogP contribution in [0.1, 0.15) is 20.8 Å². The van der Waals surface area contributed by atoms with E-state index >= 15 is 0 Å². The molecule has 0 radical (unpaired) electrons. The summed E-state index contributed by atoms with van der Waals surface area (Å²) >= 11 is 0. The predicted molar refractivity (Wildman–Crippen MR) is 110 cm³/mol. The van der Waals surface area contributed by atoms with Crippen LogP contribution in [-0.2, 0) is 4.74 Å². The molecular weight excluding hydrogens is 344 g/mol. The van der Waals surface area contributed by atoms with Gasteiger partial charge in [-0.25, -0.2) is 0 Å². The zero-order chi connectivity index (χ0) is 19.7. The number of rotatable bonds is 8. The molecule has 2 fully saturated rings. The summed E-state index contributed by atoms with van der Waals surface area (Å²) in [6.45, 7) is 16.6. The van der Waals surface area contributed by atoms with Gasteiger partial charge in [-0.3, -0.25) is 14.8 Å². The number of hydrogen-bond donors (Lipinski definition) is 3. The maximum absolute atomic E-state index is 10.7. The second-order valence-electron chi connectivity index (χ2n) is 8.15. The average molecular weight is 385 g/mol. The highest BCUT2D eigenvalue weighted by molar-refractivity contribution is 5.79. The number of piperazine rings is 1. The maximum atomic E-state index is 10.7. The van der Waals surface area contributed by atoms with Gasteiger partial charge in [0.25, 0.3) is 0 Å². The maximum Gasteiger partial charge on any atom is 0.191 e. The minimum absolute atomic E-state index is 0.378. The smallest absolute Gasteiger partial charge is 0.191 e. The molecule has 158 valence electrons. The van der Waals surface area contributed by atoms with E-state index in [-0.39, 0.29) is 0 Å². The van der Waals surface area contributed by atoms with Gasteiger partial charge in [-0.2, -0.15) is 0 Å². The highest BCUT2D eigenvalue weighted by Crippen LogP contribution is 2.09. The van der Waals surface area contributed by atoms with Crippen molar-refractivity contribution in [2.45, 2.75) is 32.4 Å². The number of nitrogens with zero attached hydrogens (tertiary/aromatic N) is 4. The Balaban J connectivity index is 1.79. The van der Waals surface area contributed by atoms with Crippen LogP contribution in [0, 0.1) is 0 Å². The minimum atomic E-state index is -0.844. The Kier molecular flexibility index (Phi) is 9.25. The molecule has 0 aromatic heterocycles. The Morgan fingerprint density at radius 2 is 1.81 bits per heavy atom. The third-order valence-electron chi connectivity index (χ3n) is 5.32. The number of β-amino-alcohol motifs (C(OH)–C–C–N with tert-alkyl or cyclic N) is 1. The molecule has 0 aromatic carbocycles. The molecule has 8 nitrogen and oxygen atoms in total. The molecule has 2 saturated heterocycles. The third kappa shape index (κ3) is 8.31. The molecule has 0 spiro atoms. The van der Waals surface area contributed by atoms with E-state index in [0.717, 1.165) is 71.5 Å². The summed E-state index contributed by atoms with van der Waals surface area (Å²) in [6, 6.07) is 0.455. The van der Waals surface area contributed by atoms with Gasteiger partial charge in [0.05, 0.1) is 25.4 Å². The second-order valence-corrected chi connectivity index (χ2v) is 8.15. The summed E-state index contributed by atoms with van der Waals surface area (Å²) in [7, 11) is 2.18. The standard InChI is InChI=1S/C19H40N6O2/c1-5-20-18(21-14-17(2)25-8-6-23(4)7-9-25)22-15-19(3,26)16-24-10-12-27-13-11-24/h17,26H,5-16H2,1-4H3,(H2,20,21,22). The van der Waals surface area contributed by atoms with Gasteiger partial charge in [-0.15, -0.1) is 0 Å². The van der Waals surface area contributed by atoms with Gasteiger partial charge >= 0.3 is 0 Å². The molecule has 2 aliphatic heterocycles. The van der Waals surface area contributed by atoms with Gasteiger partial charge in [-0.05, 0) is 27.8 Å². The summed E-state index contributed by atoms with van der Waals surface area (Å²) in [5.41, 5.74) is -0.844. The summed E-state index contributed by atoms with van der Waals surface area (Å²) in [4.78, 5) is 11.8. The van der Waals surface area contributed by atoms with Crippen LogP contribution in [-0.4, -0.2) is 123 Å². The molecule has 27 heavy (non-hydrogen) atoms. The Morgan fingerprint density at radius 3 is 2.44 bits per heavy atom. The van der Waals surface area contributed by atoms with E-state index in [1.54, 1.807) is 0 Å². The normalized spacial score (nSPS) is 24.4. The van der Waals surface area contributed by atoms with Crippen LogP contribution in [0.5, 0.6) is 0 Å². The molecule has 0 aliphatic carbocycles. The number of hydrogen-bond acceptors (Lipinski definition) is 6. The number of nitrogens with one attached hydrogen (secondary N) is 2. The van der Waals surface area contributed by atoms with Crippen molar-refractivity contribution in [3.8, 4) is 0 Å². The predicted octanol–water partition coefficient (Wildman–Crippen LogP) is -0.739. The van der Waals surface area contributed by atoms with Crippen LogP contribution in [0.4, 0.5) is 0 Å². The van der Waals surface area contributed by atoms with E-state index < -0.39 is 5.60 Å². The van der Waals surface area contributed by atoms with Gasteiger partial charge < -0.3 is 25.4 Å². The van der Waals surface area contributed by atoms with Crippen molar-refractivity contribution in [3.05, 3.63) is 0 Å². The quantitative estimate of drug-likeness (QED) is 0.376. The minimum Gasteiger partial charge on any atom is -0.387 e. The van der Waals surface area contributed by atoms with Crippen LogP contribution in [0.2, 0.25) is 0 Å². The number of ether oxygens (including phenoxy) is 1. The van der Waals surface area contributed by atoms with Crippen molar-refractivity contribution < 1.29 is 9.84 Å². The molecule has 0 saturated carbocycles. The largest absolute Gasteiger partial charge is 0.387 e. The summed E-state index contributed by atoms with van der Waals surface area (Å²) in [5, 5.41) is 17.5. The lowest BCUT2D eigenvalue weighted by atomic mass is 10.1. The molecule has 0 aromatic rings. The van der Waals surface area contributed by atoms with Crippen molar-refractivity contribution in [2.75, 3.05) is 85.7 Å². The van der Waals surface area contributed by atoms with E-state index in [0.29, 0.717) is 19.1 Å². The lowest BCUT2D eigenvalue weighted by Gasteiger charge is -2.36. The van der Waals surface area contributed by atoms with Gasteiger partial charge in [-0.1, -0.05) is 0 Å². The van der Waals surface area contributed by atoms with Crippen molar-refractivity contribution >= 4 is 5.96 Å². The summed E-state index contributed by atoms with van der Waals surface area (Å²) < 4.78 is 5.38. The van der Waals surface area contributed by atoms with Crippen molar-refractivity contribution in [3.63, 3.8) is 0 Å². The van der Waals surface area contributed by atoms with Gasteiger partial charge in [0.1, 0.15) is 0 Å². The topological polar surface area (TPSA) is 75.6 Å². The van der Waals surface area contributed by atoms with Crippen LogP contribution in [0.3, 0.4) is 0 Å². The van der Waals surface area contributed by atoms with Gasteiger partial charge in [0.2, 0.25) is 0 Å². The SMILES string of the molecule is CCNC(=NCC(C)(O)CN1CCOCC1)NCC(C)N1CCN(C)CC1. The average Bonchev–Trinajstić information content (AvgIpc) is 2.65. The summed E-state index contributed by atoms with van der Waals surface area (Å²) in [5.74, 6) is 0.778. The number of likely N-dealkylation sites (N-methyl/N-ethyl adjacent to an activating group) is 1. The van der Waals surface area contributed by atoms with Gasteiger partial charge in [0, 0.05) is 64.9 Å². The lowest BCUT2D eigenvalue weighted by molar-refractivity contribution is -0.0180. The molecule has 2 aliphatic rings. The fourth-order valence-electron chi connectivity index (χ4n) is 3.52. The van der Waals surface area contributed by atoms with E-state index in [2.05, 4.69) is 51.2 Å². The highest BCUT2D eigenvalue weighted by Gasteiger charge is 2.25. The Hall–Kier alpha value is -0.930. The Bertz CT molecular complexity index is 445. The number of morpholine rings is 1. The first-order valence-corrected chi connectivity index (χ1v) is 10.4. The van der Waals surface area contributed by atoms with E-state index in [1.807, 2.05) is 6.92 Å². The van der Waals surface area contributed by atoms with Crippen molar-refractivity contribution in [1.82, 2.24) is 25.3 Å². The number of guanidine groups is 1. The Labute approximate surface area is 164 Å². The molecule has 8 heteroatoms. The fourth-order valence-corrected chi connectivity index (χ4v) is 3.52. The number of aliphatic imine (C=N–C) groups is 1. The molecule has 2 heterocycles. The first-order valence-electron chi connectivity index (χ1n) is 10.4. The molecule has 2 rings (SSSR count). The first-order chi connectivity index (χ1) is 12.9. The van der Waals surface area contributed by atoms with Gasteiger partial charge in [0.15, 0.2) is 5.96 Å². The highest BCUT2D eigenvalue weighted by atomic mass is 16.5. The molecular formula is C19H40N6O2. The fraction of sp³-hybridized carbons (Fsp3) is 0.947. The van der Waals surface area contributed by atoms with Crippen LogP contribution >= 0.6 is 0 Å². The molecule has 2 unspecified atom stereocenters. The second kappa shape index (κ2) is 11.2. The molecule has 0 bridgehead atoms. The Morgan fingerprint density at radius 1 is 1.15 bits per heavy atom. The van der Waals surface area contributed by atoms with E-state index in [4.69, 9.17) is 4.74 Å².